The van der Waals surface area contributed by atoms with Crippen molar-refractivity contribution in [1.82, 2.24) is 20.2 Å². The number of rotatable bonds is 4. The number of piperazine rings is 1. The van der Waals surface area contributed by atoms with Crippen molar-refractivity contribution in [3.63, 3.8) is 0 Å². The fourth-order valence-electron chi connectivity index (χ4n) is 3.71. The number of nitriles is 1. The van der Waals surface area contributed by atoms with Gasteiger partial charge in [-0.15, -0.1) is 0 Å². The molecule has 4 rings (SSSR count). The molecule has 0 spiro atoms. The van der Waals surface area contributed by atoms with Gasteiger partial charge in [0.05, 0.1) is 18.9 Å². The number of benzene rings is 1. The highest BCUT2D eigenvalue weighted by Gasteiger charge is 2.28. The van der Waals surface area contributed by atoms with Crippen LogP contribution in [0.1, 0.15) is 29.6 Å². The molecule has 1 fully saturated rings. The van der Waals surface area contributed by atoms with Crippen molar-refractivity contribution in [2.45, 2.75) is 33.5 Å². The molecular formula is C21H27ClN6O. The molecule has 0 atom stereocenters. The topological polar surface area (TPSA) is 77.3 Å². The lowest BCUT2D eigenvalue weighted by Crippen LogP contribution is -2.44. The molecule has 1 saturated heterocycles. The second kappa shape index (κ2) is 9.88. The van der Waals surface area contributed by atoms with Gasteiger partial charge in [-0.05, 0) is 30.7 Å². The smallest absolute Gasteiger partial charge is 0.137 e. The molecule has 3 heterocycles. The minimum absolute atomic E-state index is 0.770. The van der Waals surface area contributed by atoms with Gasteiger partial charge < -0.3 is 15.0 Å². The maximum atomic E-state index is 7.32. The molecular weight excluding hydrogens is 388 g/mol. The molecule has 0 saturated carbocycles. The number of hydrogen-bond acceptors (Lipinski definition) is 7. The molecule has 0 unspecified atom stereocenters. The van der Waals surface area contributed by atoms with Gasteiger partial charge in [0.25, 0.3) is 0 Å². The minimum atomic E-state index is 0.770. The summed E-state index contributed by atoms with van der Waals surface area (Å²) in [5, 5.41) is 11.5. The molecule has 1 N–H and O–H groups in total. The SMILES string of the molecule is CC#N.COc1ccc(Cl)c(CN2Cc3nc(C)nc(N4CCNCC4)c3C2)c1. The van der Waals surface area contributed by atoms with Gasteiger partial charge in [-0.2, -0.15) is 5.26 Å². The molecule has 1 aromatic carbocycles. The summed E-state index contributed by atoms with van der Waals surface area (Å²) in [6, 6.07) is 7.55. The Kier molecular flexibility index (Phi) is 7.26. The Morgan fingerprint density at radius 2 is 1.97 bits per heavy atom. The van der Waals surface area contributed by atoms with Gasteiger partial charge in [0.2, 0.25) is 0 Å². The lowest BCUT2D eigenvalue weighted by atomic mass is 10.2. The minimum Gasteiger partial charge on any atom is -0.497 e. The van der Waals surface area contributed by atoms with Crippen LogP contribution in [0.3, 0.4) is 0 Å². The first kappa shape index (κ1) is 21.3. The van der Waals surface area contributed by atoms with Crippen LogP contribution < -0.4 is 15.0 Å². The summed E-state index contributed by atoms with van der Waals surface area (Å²) in [5.41, 5.74) is 3.48. The van der Waals surface area contributed by atoms with E-state index in [1.807, 2.05) is 25.1 Å². The van der Waals surface area contributed by atoms with Crippen LogP contribution in [0.25, 0.3) is 0 Å². The van der Waals surface area contributed by atoms with E-state index in [9.17, 15) is 0 Å². The summed E-state index contributed by atoms with van der Waals surface area (Å²) in [5.74, 6) is 2.78. The highest BCUT2D eigenvalue weighted by Crippen LogP contribution is 2.32. The third kappa shape index (κ3) is 5.15. The zero-order valence-electron chi connectivity index (χ0n) is 17.2. The molecule has 2 aliphatic heterocycles. The fourth-order valence-corrected chi connectivity index (χ4v) is 3.89. The van der Waals surface area contributed by atoms with Crippen molar-refractivity contribution in [3.05, 3.63) is 45.9 Å². The zero-order valence-corrected chi connectivity index (χ0v) is 18.0. The Morgan fingerprint density at radius 3 is 2.66 bits per heavy atom. The molecule has 0 amide bonds. The number of fused-ring (bicyclic) bond motifs is 1. The molecule has 0 aliphatic carbocycles. The third-order valence-corrected chi connectivity index (χ3v) is 5.37. The summed E-state index contributed by atoms with van der Waals surface area (Å²) in [4.78, 5) is 14.2. The lowest BCUT2D eigenvalue weighted by Gasteiger charge is -2.30. The van der Waals surface area contributed by atoms with E-state index in [2.05, 4.69) is 15.1 Å². The standard InChI is InChI=1S/C19H24ClN5O.C2H3N/c1-13-22-18-12-24(10-14-9-15(26-2)3-4-17(14)20)11-16(18)19(23-13)25-7-5-21-6-8-25;1-2-3/h3-4,9,21H,5-8,10-12H2,1-2H3;1H3. The van der Waals surface area contributed by atoms with Gasteiger partial charge in [0.15, 0.2) is 0 Å². The normalized spacial score (nSPS) is 15.9. The maximum absolute atomic E-state index is 7.32. The number of aryl methyl sites for hydroxylation is 1. The van der Waals surface area contributed by atoms with E-state index in [1.165, 1.54) is 12.5 Å². The molecule has 2 aliphatic rings. The summed E-state index contributed by atoms with van der Waals surface area (Å²) in [6.45, 7) is 9.84. The second-order valence-corrected chi connectivity index (χ2v) is 7.49. The maximum Gasteiger partial charge on any atom is 0.137 e. The predicted octanol–water partition coefficient (Wildman–Crippen LogP) is 2.90. The largest absolute Gasteiger partial charge is 0.497 e. The summed E-state index contributed by atoms with van der Waals surface area (Å²) < 4.78 is 5.34. The average Bonchev–Trinajstić information content (AvgIpc) is 3.12. The van der Waals surface area contributed by atoms with E-state index in [0.717, 1.165) is 79.5 Å². The summed E-state index contributed by atoms with van der Waals surface area (Å²) in [6.07, 6.45) is 0. The highest BCUT2D eigenvalue weighted by molar-refractivity contribution is 6.31. The highest BCUT2D eigenvalue weighted by atomic mass is 35.5. The van der Waals surface area contributed by atoms with Gasteiger partial charge >= 0.3 is 0 Å². The van der Waals surface area contributed by atoms with E-state index in [4.69, 9.17) is 31.6 Å². The Labute approximate surface area is 177 Å². The van der Waals surface area contributed by atoms with Crippen LogP contribution >= 0.6 is 11.6 Å². The van der Waals surface area contributed by atoms with Crippen molar-refractivity contribution in [2.24, 2.45) is 0 Å². The first-order chi connectivity index (χ1) is 14.0. The van der Waals surface area contributed by atoms with Crippen molar-refractivity contribution >= 4 is 17.4 Å². The van der Waals surface area contributed by atoms with Crippen LogP contribution in [0.2, 0.25) is 5.02 Å². The van der Waals surface area contributed by atoms with Crippen molar-refractivity contribution in [2.75, 3.05) is 38.2 Å². The first-order valence-electron chi connectivity index (χ1n) is 9.73. The second-order valence-electron chi connectivity index (χ2n) is 7.08. The number of nitrogens with zero attached hydrogens (tertiary/aromatic N) is 5. The van der Waals surface area contributed by atoms with Gasteiger partial charge in [-0.3, -0.25) is 4.90 Å². The Hall–Kier alpha value is -2.40. The Bertz CT molecular complexity index is 891. The van der Waals surface area contributed by atoms with Gasteiger partial charge in [-0.1, -0.05) is 11.6 Å². The quantitative estimate of drug-likeness (QED) is 0.824. The van der Waals surface area contributed by atoms with E-state index in [1.54, 1.807) is 13.2 Å². The van der Waals surface area contributed by atoms with Gasteiger partial charge in [0.1, 0.15) is 17.4 Å². The molecule has 7 nitrogen and oxygen atoms in total. The van der Waals surface area contributed by atoms with Crippen LogP contribution in [0.5, 0.6) is 5.75 Å². The number of nitrogens with one attached hydrogen (secondary N) is 1. The Morgan fingerprint density at radius 1 is 1.24 bits per heavy atom. The molecule has 8 heteroatoms. The van der Waals surface area contributed by atoms with Crippen LogP contribution in [0, 0.1) is 18.3 Å². The van der Waals surface area contributed by atoms with Crippen molar-refractivity contribution in [3.8, 4) is 11.8 Å². The average molecular weight is 415 g/mol. The van der Waals surface area contributed by atoms with Crippen LogP contribution in [-0.2, 0) is 19.6 Å². The monoisotopic (exact) mass is 414 g/mol. The van der Waals surface area contributed by atoms with E-state index < -0.39 is 0 Å². The van der Waals surface area contributed by atoms with Gasteiger partial charge in [-0.25, -0.2) is 9.97 Å². The molecule has 0 radical (unpaired) electrons. The number of aromatic nitrogens is 2. The zero-order chi connectivity index (χ0) is 20.8. The first-order valence-corrected chi connectivity index (χ1v) is 10.1. The molecule has 0 bridgehead atoms. The predicted molar refractivity (Wildman–Crippen MR) is 114 cm³/mol. The summed E-state index contributed by atoms with van der Waals surface area (Å²) in [7, 11) is 1.68. The number of hydrogen-bond donors (Lipinski definition) is 1. The van der Waals surface area contributed by atoms with Crippen molar-refractivity contribution in [1.29, 1.82) is 5.26 Å². The number of methoxy groups -OCH3 is 1. The van der Waals surface area contributed by atoms with E-state index in [0.29, 0.717) is 0 Å². The van der Waals surface area contributed by atoms with Gasteiger partial charge in [0, 0.05) is 63.3 Å². The van der Waals surface area contributed by atoms with E-state index in [-0.39, 0.29) is 0 Å². The van der Waals surface area contributed by atoms with Crippen LogP contribution in [-0.4, -0.2) is 48.2 Å². The molecule has 29 heavy (non-hydrogen) atoms. The van der Waals surface area contributed by atoms with Crippen molar-refractivity contribution < 1.29 is 4.74 Å². The Balaban J connectivity index is 0.000000755. The number of anilines is 1. The molecule has 154 valence electrons. The van der Waals surface area contributed by atoms with Crippen LogP contribution in [0.4, 0.5) is 5.82 Å². The molecule has 2 aromatic rings. The van der Waals surface area contributed by atoms with Crippen LogP contribution in [0.15, 0.2) is 18.2 Å². The number of halogens is 1. The fraction of sp³-hybridized carbons (Fsp3) is 0.476. The lowest BCUT2D eigenvalue weighted by molar-refractivity contribution is 0.273. The number of ether oxygens (including phenoxy) is 1. The van der Waals surface area contributed by atoms with E-state index >= 15 is 0 Å². The summed E-state index contributed by atoms with van der Waals surface area (Å²) >= 11 is 6.40. The third-order valence-electron chi connectivity index (χ3n) is 5.00. The molecule has 1 aromatic heterocycles.